The lowest BCUT2D eigenvalue weighted by Crippen LogP contribution is -2.32. The maximum atomic E-state index is 12.8. The van der Waals surface area contributed by atoms with E-state index in [9.17, 15) is 4.79 Å². The van der Waals surface area contributed by atoms with Crippen molar-refractivity contribution >= 4 is 11.9 Å². The van der Waals surface area contributed by atoms with Gasteiger partial charge in [0, 0.05) is 25.9 Å². The van der Waals surface area contributed by atoms with Gasteiger partial charge < -0.3 is 14.6 Å². The lowest BCUT2D eigenvalue weighted by molar-refractivity contribution is -0.123. The number of nitrogens with zero attached hydrogens (tertiary/aromatic N) is 3. The van der Waals surface area contributed by atoms with Crippen molar-refractivity contribution in [2.24, 2.45) is 5.92 Å². The highest BCUT2D eigenvalue weighted by Gasteiger charge is 2.25. The van der Waals surface area contributed by atoms with Crippen LogP contribution in [-0.2, 0) is 11.2 Å². The van der Waals surface area contributed by atoms with Crippen LogP contribution in [0.25, 0.3) is 0 Å². The molecule has 0 bridgehead atoms. The van der Waals surface area contributed by atoms with Gasteiger partial charge in [-0.1, -0.05) is 67.5 Å². The quantitative estimate of drug-likeness (QED) is 0.708. The summed E-state index contributed by atoms with van der Waals surface area (Å²) in [5.74, 6) is 1.11. The minimum absolute atomic E-state index is 0.0948. The van der Waals surface area contributed by atoms with Crippen molar-refractivity contribution < 1.29 is 9.21 Å². The van der Waals surface area contributed by atoms with Crippen LogP contribution >= 0.6 is 0 Å². The van der Waals surface area contributed by atoms with Gasteiger partial charge >= 0.3 is 6.01 Å². The number of hydrogen-bond acceptors (Lipinski definition) is 5. The van der Waals surface area contributed by atoms with E-state index in [2.05, 4.69) is 32.5 Å². The molecular formula is C24H34N4O2. The Bertz CT molecular complexity index is 778. The van der Waals surface area contributed by atoms with Crippen LogP contribution in [-0.4, -0.2) is 29.2 Å². The van der Waals surface area contributed by atoms with Gasteiger partial charge in [-0.2, -0.15) is 0 Å². The second-order valence-electron chi connectivity index (χ2n) is 8.84. The van der Waals surface area contributed by atoms with Gasteiger partial charge in [-0.15, -0.1) is 5.10 Å². The number of carbonyl (C=O) groups is 1. The smallest absolute Gasteiger partial charge is 0.318 e. The molecule has 1 aromatic carbocycles. The zero-order chi connectivity index (χ0) is 20.6. The van der Waals surface area contributed by atoms with Crippen LogP contribution in [0.2, 0.25) is 0 Å². The molecule has 1 saturated carbocycles. The van der Waals surface area contributed by atoms with Crippen LogP contribution in [0.1, 0.15) is 81.7 Å². The summed E-state index contributed by atoms with van der Waals surface area (Å²) in [4.78, 5) is 15.0. The highest BCUT2D eigenvalue weighted by atomic mass is 16.4. The van der Waals surface area contributed by atoms with Crippen molar-refractivity contribution in [2.75, 3.05) is 18.0 Å². The molecule has 2 fully saturated rings. The first kappa shape index (κ1) is 20.9. The molecule has 0 unspecified atom stereocenters. The number of amides is 1. The van der Waals surface area contributed by atoms with Crippen molar-refractivity contribution in [1.82, 2.24) is 15.5 Å². The van der Waals surface area contributed by atoms with Gasteiger partial charge in [0.15, 0.2) is 0 Å². The fourth-order valence-electron chi connectivity index (χ4n) is 4.71. The number of anilines is 1. The Morgan fingerprint density at radius 2 is 1.70 bits per heavy atom. The molecule has 2 aliphatic rings. The number of benzene rings is 1. The van der Waals surface area contributed by atoms with Crippen LogP contribution in [0.4, 0.5) is 6.01 Å². The van der Waals surface area contributed by atoms with E-state index in [0.29, 0.717) is 30.7 Å². The van der Waals surface area contributed by atoms with Crippen molar-refractivity contribution in [2.45, 2.75) is 76.7 Å². The summed E-state index contributed by atoms with van der Waals surface area (Å²) >= 11 is 0. The predicted molar refractivity (Wildman–Crippen MR) is 117 cm³/mol. The maximum absolute atomic E-state index is 12.8. The van der Waals surface area contributed by atoms with E-state index in [4.69, 9.17) is 4.42 Å². The van der Waals surface area contributed by atoms with Crippen LogP contribution in [0.15, 0.2) is 34.7 Å². The molecule has 1 aromatic heterocycles. The molecule has 6 heteroatoms. The third kappa shape index (κ3) is 5.83. The normalized spacial score (nSPS) is 19.3. The molecule has 1 aliphatic carbocycles. The zero-order valence-corrected chi connectivity index (χ0v) is 17.9. The van der Waals surface area contributed by atoms with E-state index >= 15 is 0 Å². The van der Waals surface area contributed by atoms with Gasteiger partial charge in [0.05, 0.1) is 0 Å². The summed E-state index contributed by atoms with van der Waals surface area (Å²) in [5.41, 5.74) is 1.15. The van der Waals surface area contributed by atoms with Crippen molar-refractivity contribution in [1.29, 1.82) is 0 Å². The van der Waals surface area contributed by atoms with E-state index in [1.54, 1.807) is 0 Å². The second-order valence-corrected chi connectivity index (χ2v) is 8.84. The predicted octanol–water partition coefficient (Wildman–Crippen LogP) is 4.82. The van der Waals surface area contributed by atoms with E-state index < -0.39 is 0 Å². The lowest BCUT2D eigenvalue weighted by Gasteiger charge is -2.22. The number of hydrogen-bond donors (Lipinski definition) is 1. The Morgan fingerprint density at radius 3 is 2.43 bits per heavy atom. The standard InChI is InChI=1S/C24H34N4O2/c29-22(18-20-13-7-4-8-14-20)25-21(17-19-11-5-3-6-12-19)23-26-27-24(30-23)28-15-9-1-2-10-16-28/h3,5-6,11-12,20-21H,1-2,4,7-10,13-18H2,(H,25,29)/t21-/m0/s1. The molecule has 162 valence electrons. The largest absolute Gasteiger partial charge is 0.406 e. The number of nitrogens with one attached hydrogen (secondary N) is 1. The molecule has 0 radical (unpaired) electrons. The summed E-state index contributed by atoms with van der Waals surface area (Å²) in [6.45, 7) is 1.91. The van der Waals surface area contributed by atoms with E-state index in [1.807, 2.05) is 18.2 Å². The molecule has 4 rings (SSSR count). The van der Waals surface area contributed by atoms with E-state index in [0.717, 1.165) is 44.3 Å². The van der Waals surface area contributed by atoms with Gasteiger partial charge in [0.2, 0.25) is 11.8 Å². The molecule has 2 heterocycles. The Hall–Kier alpha value is -2.37. The van der Waals surface area contributed by atoms with Crippen LogP contribution < -0.4 is 10.2 Å². The van der Waals surface area contributed by atoms with Crippen molar-refractivity contribution in [3.05, 3.63) is 41.8 Å². The Balaban J connectivity index is 1.46. The van der Waals surface area contributed by atoms with Crippen LogP contribution in [0, 0.1) is 5.92 Å². The van der Waals surface area contributed by atoms with Gasteiger partial charge in [-0.05, 0) is 37.2 Å². The lowest BCUT2D eigenvalue weighted by atomic mass is 9.87. The second kappa shape index (κ2) is 10.6. The zero-order valence-electron chi connectivity index (χ0n) is 17.9. The first-order valence-corrected chi connectivity index (χ1v) is 11.7. The Labute approximate surface area is 179 Å². The van der Waals surface area contributed by atoms with Crippen molar-refractivity contribution in [3.63, 3.8) is 0 Å². The van der Waals surface area contributed by atoms with Crippen LogP contribution in [0.3, 0.4) is 0 Å². The molecule has 2 aromatic rings. The van der Waals surface area contributed by atoms with Gasteiger partial charge in [0.1, 0.15) is 6.04 Å². The molecule has 1 saturated heterocycles. The third-order valence-corrected chi connectivity index (χ3v) is 6.42. The number of carbonyl (C=O) groups excluding carboxylic acids is 1. The third-order valence-electron chi connectivity index (χ3n) is 6.42. The van der Waals surface area contributed by atoms with E-state index in [-0.39, 0.29) is 11.9 Å². The van der Waals surface area contributed by atoms with Crippen molar-refractivity contribution in [3.8, 4) is 0 Å². The molecule has 1 aliphatic heterocycles. The Morgan fingerprint density at radius 1 is 1.00 bits per heavy atom. The number of rotatable bonds is 7. The highest BCUT2D eigenvalue weighted by molar-refractivity contribution is 5.76. The fraction of sp³-hybridized carbons (Fsp3) is 0.625. The van der Waals surface area contributed by atoms with Gasteiger partial charge in [-0.25, -0.2) is 0 Å². The maximum Gasteiger partial charge on any atom is 0.318 e. The van der Waals surface area contributed by atoms with Gasteiger partial charge in [-0.3, -0.25) is 4.79 Å². The topological polar surface area (TPSA) is 71.3 Å². The SMILES string of the molecule is O=C(CC1CCCCC1)N[C@@H](Cc1ccccc1)c1nnc(N2CCCCCC2)o1. The molecule has 1 amide bonds. The molecule has 6 nitrogen and oxygen atoms in total. The minimum atomic E-state index is -0.295. The first-order chi connectivity index (χ1) is 14.8. The monoisotopic (exact) mass is 410 g/mol. The summed E-state index contributed by atoms with van der Waals surface area (Å²) in [6, 6.07) is 10.5. The Kier molecular flexibility index (Phi) is 7.38. The molecule has 1 N–H and O–H groups in total. The van der Waals surface area contributed by atoms with E-state index in [1.165, 1.54) is 32.1 Å². The minimum Gasteiger partial charge on any atom is -0.406 e. The molecule has 1 atom stereocenters. The summed E-state index contributed by atoms with van der Waals surface area (Å²) in [7, 11) is 0. The average Bonchev–Trinajstić information content (AvgIpc) is 3.10. The fourth-order valence-corrected chi connectivity index (χ4v) is 4.71. The highest BCUT2D eigenvalue weighted by Crippen LogP contribution is 2.27. The van der Waals surface area contributed by atoms with Crippen LogP contribution in [0.5, 0.6) is 0 Å². The number of aromatic nitrogens is 2. The average molecular weight is 411 g/mol. The van der Waals surface area contributed by atoms with Gasteiger partial charge in [0.25, 0.3) is 0 Å². The first-order valence-electron chi connectivity index (χ1n) is 11.7. The molecule has 30 heavy (non-hydrogen) atoms. The molecule has 0 spiro atoms. The summed E-state index contributed by atoms with van der Waals surface area (Å²) < 4.78 is 6.09. The molecular weight excluding hydrogens is 376 g/mol. The summed E-state index contributed by atoms with van der Waals surface area (Å²) in [6.07, 6.45) is 12.2. The summed E-state index contributed by atoms with van der Waals surface area (Å²) in [5, 5.41) is 11.9.